The number of aliphatic hydroxyl groups excluding tert-OH is 2. The van der Waals surface area contributed by atoms with E-state index in [0.717, 1.165) is 0 Å². The second kappa shape index (κ2) is 3.84. The van der Waals surface area contributed by atoms with E-state index >= 15 is 0 Å². The van der Waals surface area contributed by atoms with Crippen molar-refractivity contribution in [3.63, 3.8) is 0 Å². The van der Waals surface area contributed by atoms with Gasteiger partial charge in [0.15, 0.2) is 0 Å². The molecule has 70 valence electrons. The first-order valence-electron chi connectivity index (χ1n) is 3.88. The van der Waals surface area contributed by atoms with E-state index in [-0.39, 0.29) is 19.2 Å². The van der Waals surface area contributed by atoms with Crippen LogP contribution < -0.4 is 0 Å². The molecule has 0 spiro atoms. The fourth-order valence-corrected chi connectivity index (χ4v) is 1.51. The zero-order valence-electron chi connectivity index (χ0n) is 6.68. The third kappa shape index (κ3) is 2.17. The fraction of sp³-hybridized carbons (Fsp3) is 0.857. The van der Waals surface area contributed by atoms with Crippen LogP contribution in [0.1, 0.15) is 6.42 Å². The van der Waals surface area contributed by atoms with Crippen molar-refractivity contribution in [1.82, 2.24) is 4.90 Å². The van der Waals surface area contributed by atoms with Crippen LogP contribution in [0.3, 0.4) is 0 Å². The molecule has 0 aromatic heterocycles. The quantitative estimate of drug-likeness (QED) is 0.486. The monoisotopic (exact) mass is 175 g/mol. The lowest BCUT2D eigenvalue weighted by molar-refractivity contribution is -0.138. The summed E-state index contributed by atoms with van der Waals surface area (Å²) in [7, 11) is 0. The highest BCUT2D eigenvalue weighted by atomic mass is 16.4. The molecule has 3 N–H and O–H groups in total. The molecule has 0 radical (unpaired) electrons. The molecule has 1 rings (SSSR count). The molecule has 12 heavy (non-hydrogen) atoms. The van der Waals surface area contributed by atoms with Gasteiger partial charge in [0.2, 0.25) is 0 Å². The molecule has 0 amide bonds. The molecule has 0 aliphatic carbocycles. The predicted molar refractivity (Wildman–Crippen MR) is 40.7 cm³/mol. The van der Waals surface area contributed by atoms with Crippen molar-refractivity contribution >= 4 is 5.97 Å². The van der Waals surface area contributed by atoms with E-state index in [0.29, 0.717) is 13.0 Å². The largest absolute Gasteiger partial charge is 0.480 e. The summed E-state index contributed by atoms with van der Waals surface area (Å²) in [5.74, 6) is -0.928. The van der Waals surface area contributed by atoms with Crippen molar-refractivity contribution in [2.75, 3.05) is 19.7 Å². The Hall–Kier alpha value is -0.650. The van der Waals surface area contributed by atoms with Crippen molar-refractivity contribution in [2.45, 2.75) is 18.6 Å². The molecule has 0 unspecified atom stereocenters. The van der Waals surface area contributed by atoms with Crippen LogP contribution in [0.25, 0.3) is 0 Å². The van der Waals surface area contributed by atoms with Gasteiger partial charge in [-0.15, -0.1) is 0 Å². The topological polar surface area (TPSA) is 81.0 Å². The predicted octanol–water partition coefficient (Wildman–Crippen LogP) is -1.50. The number of hydrogen-bond acceptors (Lipinski definition) is 4. The summed E-state index contributed by atoms with van der Waals surface area (Å²) in [6.07, 6.45) is -0.0365. The third-order valence-electron chi connectivity index (χ3n) is 2.05. The summed E-state index contributed by atoms with van der Waals surface area (Å²) in [4.78, 5) is 11.9. The zero-order chi connectivity index (χ0) is 9.14. The number of hydrogen-bond donors (Lipinski definition) is 3. The van der Waals surface area contributed by atoms with Crippen molar-refractivity contribution in [2.24, 2.45) is 0 Å². The maximum absolute atomic E-state index is 10.3. The normalized spacial score (nSPS) is 30.8. The molecular weight excluding hydrogens is 162 g/mol. The Labute approximate surface area is 70.2 Å². The van der Waals surface area contributed by atoms with E-state index in [1.54, 1.807) is 4.90 Å². The summed E-state index contributed by atoms with van der Waals surface area (Å²) < 4.78 is 0. The van der Waals surface area contributed by atoms with Gasteiger partial charge in [-0.1, -0.05) is 0 Å². The Balaban J connectivity index is 2.46. The molecule has 0 aromatic carbocycles. The number of carboxylic acids is 1. The van der Waals surface area contributed by atoms with E-state index in [4.69, 9.17) is 15.3 Å². The second-order valence-corrected chi connectivity index (χ2v) is 3.05. The lowest BCUT2D eigenvalue weighted by Crippen LogP contribution is -2.36. The molecule has 1 aliphatic rings. The Kier molecular flexibility index (Phi) is 3.02. The van der Waals surface area contributed by atoms with E-state index in [1.807, 2.05) is 0 Å². The van der Waals surface area contributed by atoms with E-state index in [1.165, 1.54) is 0 Å². The van der Waals surface area contributed by atoms with E-state index in [9.17, 15) is 4.79 Å². The minimum Gasteiger partial charge on any atom is -0.480 e. The van der Waals surface area contributed by atoms with Crippen LogP contribution in [0.2, 0.25) is 0 Å². The highest BCUT2D eigenvalue weighted by molar-refractivity contribution is 5.69. The Bertz CT molecular complexity index is 173. The number of nitrogens with zero attached hydrogens (tertiary/aromatic N) is 1. The van der Waals surface area contributed by atoms with Gasteiger partial charge in [0.1, 0.15) is 0 Å². The highest BCUT2D eigenvalue weighted by Gasteiger charge is 2.31. The molecule has 5 nitrogen and oxygen atoms in total. The van der Waals surface area contributed by atoms with Gasteiger partial charge in [0.25, 0.3) is 0 Å². The Morgan fingerprint density at radius 3 is 2.75 bits per heavy atom. The number of likely N-dealkylation sites (tertiary alicyclic amines) is 1. The summed E-state index contributed by atoms with van der Waals surface area (Å²) >= 11 is 0. The molecule has 1 heterocycles. The van der Waals surface area contributed by atoms with Gasteiger partial charge in [-0.2, -0.15) is 0 Å². The van der Waals surface area contributed by atoms with Gasteiger partial charge in [-0.25, -0.2) is 0 Å². The molecule has 1 fully saturated rings. The standard InChI is InChI=1S/C7H13NO4/c9-4-5-1-6(10)2-8(5)3-7(11)12/h5-6,9-10H,1-4H2,(H,11,12)/t5-,6-/m0/s1. The molecule has 1 saturated heterocycles. The van der Waals surface area contributed by atoms with Gasteiger partial charge >= 0.3 is 5.97 Å². The first-order valence-corrected chi connectivity index (χ1v) is 3.88. The summed E-state index contributed by atoms with van der Waals surface area (Å²) in [6, 6.07) is -0.198. The van der Waals surface area contributed by atoms with Crippen LogP contribution in [-0.4, -0.2) is 58.0 Å². The van der Waals surface area contributed by atoms with Crippen LogP contribution in [0, 0.1) is 0 Å². The number of rotatable bonds is 3. The zero-order valence-corrected chi connectivity index (χ0v) is 6.68. The molecule has 5 heteroatoms. The van der Waals surface area contributed by atoms with Crippen LogP contribution >= 0.6 is 0 Å². The van der Waals surface area contributed by atoms with Crippen LogP contribution in [0.5, 0.6) is 0 Å². The SMILES string of the molecule is O=C(O)CN1C[C@@H](O)C[C@H]1CO. The number of carboxylic acid groups (broad SMARTS) is 1. The van der Waals surface area contributed by atoms with Crippen molar-refractivity contribution in [1.29, 1.82) is 0 Å². The fourth-order valence-electron chi connectivity index (χ4n) is 1.51. The minimum atomic E-state index is -0.928. The van der Waals surface area contributed by atoms with Gasteiger partial charge in [-0.05, 0) is 6.42 Å². The second-order valence-electron chi connectivity index (χ2n) is 3.05. The molecule has 1 aliphatic heterocycles. The number of aliphatic hydroxyl groups is 2. The van der Waals surface area contributed by atoms with E-state index in [2.05, 4.69) is 0 Å². The van der Waals surface area contributed by atoms with Crippen LogP contribution in [-0.2, 0) is 4.79 Å². The smallest absolute Gasteiger partial charge is 0.317 e. The van der Waals surface area contributed by atoms with Gasteiger partial charge in [-0.3, -0.25) is 9.69 Å². The summed E-state index contributed by atoms with van der Waals surface area (Å²) in [5, 5.41) is 26.5. The molecule has 2 atom stereocenters. The third-order valence-corrected chi connectivity index (χ3v) is 2.05. The molecule has 0 aromatic rings. The first-order chi connectivity index (χ1) is 5.63. The molecular formula is C7H13NO4. The van der Waals surface area contributed by atoms with Crippen molar-refractivity contribution in [3.05, 3.63) is 0 Å². The maximum atomic E-state index is 10.3. The minimum absolute atomic E-state index is 0.0929. The Morgan fingerprint density at radius 2 is 2.25 bits per heavy atom. The average molecular weight is 175 g/mol. The van der Waals surface area contributed by atoms with Crippen LogP contribution in [0.4, 0.5) is 0 Å². The number of β-amino-alcohol motifs (C(OH)–C–C–N with tert-alkyl or cyclic N) is 1. The molecule has 0 saturated carbocycles. The lowest BCUT2D eigenvalue weighted by atomic mass is 10.2. The van der Waals surface area contributed by atoms with Gasteiger partial charge in [0, 0.05) is 12.6 Å². The maximum Gasteiger partial charge on any atom is 0.317 e. The lowest BCUT2D eigenvalue weighted by Gasteiger charge is -2.19. The highest BCUT2D eigenvalue weighted by Crippen LogP contribution is 2.16. The molecule has 0 bridgehead atoms. The number of carbonyl (C=O) groups is 1. The van der Waals surface area contributed by atoms with E-state index < -0.39 is 12.1 Å². The Morgan fingerprint density at radius 1 is 1.58 bits per heavy atom. The van der Waals surface area contributed by atoms with Crippen molar-refractivity contribution in [3.8, 4) is 0 Å². The van der Waals surface area contributed by atoms with Gasteiger partial charge < -0.3 is 15.3 Å². The van der Waals surface area contributed by atoms with Gasteiger partial charge in [0.05, 0.1) is 19.3 Å². The first kappa shape index (κ1) is 9.44. The summed E-state index contributed by atoms with van der Waals surface area (Å²) in [5.41, 5.74) is 0. The van der Waals surface area contributed by atoms with Crippen LogP contribution in [0.15, 0.2) is 0 Å². The number of aliphatic carboxylic acids is 1. The van der Waals surface area contributed by atoms with Crippen molar-refractivity contribution < 1.29 is 20.1 Å². The summed E-state index contributed by atoms with van der Waals surface area (Å²) in [6.45, 7) is 0.143. The average Bonchev–Trinajstić information content (AvgIpc) is 2.29.